The van der Waals surface area contributed by atoms with E-state index in [1.54, 1.807) is 0 Å². The van der Waals surface area contributed by atoms with E-state index in [9.17, 15) is 23.8 Å². The lowest BCUT2D eigenvalue weighted by Crippen LogP contribution is -2.34. The molecule has 0 amide bonds. The van der Waals surface area contributed by atoms with Crippen LogP contribution in [0.4, 0.5) is 0 Å². The number of hydrogen-bond acceptors (Lipinski definition) is 9. The molecular formula is C25H44NO10P. The Morgan fingerprint density at radius 3 is 2.11 bits per heavy atom. The van der Waals surface area contributed by atoms with Gasteiger partial charge < -0.3 is 25.2 Å². The molecule has 0 aliphatic rings. The molecule has 0 aromatic heterocycles. The second kappa shape index (κ2) is 22.0. The predicted molar refractivity (Wildman–Crippen MR) is 139 cm³/mol. The highest BCUT2D eigenvalue weighted by Crippen LogP contribution is 2.43. The summed E-state index contributed by atoms with van der Waals surface area (Å²) in [6.45, 7) is 1.61. The van der Waals surface area contributed by atoms with Crippen molar-refractivity contribution in [3.8, 4) is 0 Å². The lowest BCUT2D eigenvalue weighted by molar-refractivity contribution is -0.160. The topological polar surface area (TPSA) is 172 Å². The number of nitrogens with two attached hydrogens (primary N) is 1. The van der Waals surface area contributed by atoms with Gasteiger partial charge in [0.2, 0.25) is 0 Å². The van der Waals surface area contributed by atoms with Crippen LogP contribution in [0.3, 0.4) is 0 Å². The molecule has 0 bridgehead atoms. The van der Waals surface area contributed by atoms with Gasteiger partial charge in [-0.1, -0.05) is 63.3 Å². The fourth-order valence-corrected chi connectivity index (χ4v) is 3.70. The first kappa shape index (κ1) is 35.0. The van der Waals surface area contributed by atoms with E-state index in [4.69, 9.17) is 24.8 Å². The highest BCUT2D eigenvalue weighted by molar-refractivity contribution is 7.47. The highest BCUT2D eigenvalue weighted by Gasteiger charge is 2.27. The minimum atomic E-state index is -4.67. The summed E-state index contributed by atoms with van der Waals surface area (Å²) in [6.07, 6.45) is 18.0. The molecule has 11 nitrogen and oxygen atoms in total. The number of aliphatic carboxylic acids is 1. The number of ether oxygens (including phenoxy) is 2. The van der Waals surface area contributed by atoms with Gasteiger partial charge in [-0.15, -0.1) is 0 Å². The van der Waals surface area contributed by atoms with Crippen LogP contribution in [0, 0.1) is 0 Å². The number of carbonyl (C=O) groups is 3. The van der Waals surface area contributed by atoms with Gasteiger partial charge in [-0.3, -0.25) is 23.4 Å². The van der Waals surface area contributed by atoms with Gasteiger partial charge in [-0.2, -0.15) is 0 Å². The van der Waals surface area contributed by atoms with Crippen molar-refractivity contribution in [2.75, 3.05) is 19.8 Å². The molecule has 4 N–H and O–H groups in total. The predicted octanol–water partition coefficient (Wildman–Crippen LogP) is 4.43. The van der Waals surface area contributed by atoms with E-state index in [0.29, 0.717) is 6.42 Å². The van der Waals surface area contributed by atoms with Gasteiger partial charge in [0.15, 0.2) is 6.10 Å². The molecule has 0 saturated heterocycles. The molecule has 0 rings (SSSR count). The normalized spacial score (nSPS) is 14.9. The van der Waals surface area contributed by atoms with Crippen molar-refractivity contribution < 1.29 is 47.5 Å². The van der Waals surface area contributed by atoms with Gasteiger partial charge in [-0.05, 0) is 32.1 Å². The Morgan fingerprint density at radius 2 is 1.49 bits per heavy atom. The van der Waals surface area contributed by atoms with E-state index < -0.39 is 51.1 Å². The molecule has 37 heavy (non-hydrogen) atoms. The zero-order valence-electron chi connectivity index (χ0n) is 22.0. The summed E-state index contributed by atoms with van der Waals surface area (Å²) in [5.74, 6) is -2.60. The number of rotatable bonds is 23. The summed E-state index contributed by atoms with van der Waals surface area (Å²) in [5, 5.41) is 8.69. The number of carboxylic acids is 1. The van der Waals surface area contributed by atoms with Gasteiger partial charge in [0, 0.05) is 13.3 Å². The van der Waals surface area contributed by atoms with Crippen LogP contribution in [0.1, 0.15) is 84.5 Å². The van der Waals surface area contributed by atoms with Crippen LogP contribution in [0.5, 0.6) is 0 Å². The molecule has 3 atom stereocenters. The number of phosphoric ester groups is 1. The standard InChI is InChI=1S/C25H44NO10P/c1-3-4-5-6-7-8-9-10-11-12-13-14-15-16-17-24(28)36-22(18-33-21(2)27)19-34-37(31,32)35-20-23(26)25(29)30/h6-7,9-10,22-23H,3-5,8,11-20,26H2,1-2H3,(H,29,30)(H,31,32)/b7-6-,10-9-. The Labute approximate surface area is 220 Å². The zero-order valence-corrected chi connectivity index (χ0v) is 22.9. The molecule has 0 radical (unpaired) electrons. The third-order valence-electron chi connectivity index (χ3n) is 5.01. The van der Waals surface area contributed by atoms with Gasteiger partial charge >= 0.3 is 25.7 Å². The number of esters is 2. The van der Waals surface area contributed by atoms with Gasteiger partial charge in [0.05, 0.1) is 13.2 Å². The first-order valence-electron chi connectivity index (χ1n) is 12.8. The van der Waals surface area contributed by atoms with Crippen molar-refractivity contribution in [1.29, 1.82) is 0 Å². The molecule has 0 aliphatic heterocycles. The maximum atomic E-state index is 12.2. The van der Waals surface area contributed by atoms with E-state index in [1.165, 1.54) is 12.8 Å². The number of phosphoric acid groups is 1. The molecule has 12 heteroatoms. The van der Waals surface area contributed by atoms with Crippen molar-refractivity contribution in [3.05, 3.63) is 24.3 Å². The maximum absolute atomic E-state index is 12.2. The van der Waals surface area contributed by atoms with Crippen molar-refractivity contribution in [1.82, 2.24) is 0 Å². The van der Waals surface area contributed by atoms with Gasteiger partial charge in [-0.25, -0.2) is 4.57 Å². The molecule has 0 aliphatic carbocycles. The van der Waals surface area contributed by atoms with Gasteiger partial charge in [0.1, 0.15) is 12.6 Å². The minimum absolute atomic E-state index is 0.140. The van der Waals surface area contributed by atoms with E-state index in [1.807, 2.05) is 0 Å². The third kappa shape index (κ3) is 22.9. The Balaban J connectivity index is 4.18. The molecule has 0 spiro atoms. The summed E-state index contributed by atoms with van der Waals surface area (Å²) in [6, 6.07) is -1.52. The fraction of sp³-hybridized carbons (Fsp3) is 0.720. The van der Waals surface area contributed by atoms with Gasteiger partial charge in [0.25, 0.3) is 0 Å². The lowest BCUT2D eigenvalue weighted by atomic mass is 10.1. The number of carboxylic acid groups (broad SMARTS) is 1. The Kier molecular flexibility index (Phi) is 20.8. The van der Waals surface area contributed by atoms with Crippen LogP contribution in [-0.2, 0) is 37.5 Å². The van der Waals surface area contributed by atoms with Crippen molar-refractivity contribution in [2.24, 2.45) is 5.73 Å². The second-order valence-corrected chi connectivity index (χ2v) is 10.00. The summed E-state index contributed by atoms with van der Waals surface area (Å²) in [7, 11) is -4.67. The molecule has 0 aromatic rings. The van der Waals surface area contributed by atoms with E-state index in [2.05, 4.69) is 35.8 Å². The first-order chi connectivity index (χ1) is 17.6. The minimum Gasteiger partial charge on any atom is -0.480 e. The van der Waals surface area contributed by atoms with Crippen molar-refractivity contribution in [2.45, 2.75) is 96.6 Å². The van der Waals surface area contributed by atoms with Crippen molar-refractivity contribution >= 4 is 25.7 Å². The van der Waals surface area contributed by atoms with E-state index >= 15 is 0 Å². The van der Waals surface area contributed by atoms with Crippen molar-refractivity contribution in [3.63, 3.8) is 0 Å². The second-order valence-electron chi connectivity index (χ2n) is 8.55. The number of carbonyl (C=O) groups excluding carboxylic acids is 2. The quantitative estimate of drug-likeness (QED) is 0.0712. The molecule has 0 saturated carbocycles. The Morgan fingerprint density at radius 1 is 0.892 bits per heavy atom. The number of allylic oxidation sites excluding steroid dienone is 4. The van der Waals surface area contributed by atoms with Crippen LogP contribution in [0.15, 0.2) is 24.3 Å². The fourth-order valence-electron chi connectivity index (χ4n) is 2.92. The third-order valence-corrected chi connectivity index (χ3v) is 5.96. The monoisotopic (exact) mass is 549 g/mol. The van der Waals surface area contributed by atoms with Crippen LogP contribution in [0.25, 0.3) is 0 Å². The van der Waals surface area contributed by atoms with E-state index in [-0.39, 0.29) is 13.0 Å². The Hall–Kier alpha value is -2.04. The van der Waals surface area contributed by atoms with Crippen LogP contribution >= 0.6 is 7.82 Å². The maximum Gasteiger partial charge on any atom is 0.472 e. The van der Waals surface area contributed by atoms with Crippen LogP contribution < -0.4 is 5.73 Å². The average Bonchev–Trinajstić information content (AvgIpc) is 2.84. The summed E-state index contributed by atoms with van der Waals surface area (Å²) >= 11 is 0. The lowest BCUT2D eigenvalue weighted by Gasteiger charge is -2.20. The molecule has 0 heterocycles. The number of unbranched alkanes of at least 4 members (excludes halogenated alkanes) is 7. The zero-order chi connectivity index (χ0) is 27.9. The molecular weight excluding hydrogens is 505 g/mol. The summed E-state index contributed by atoms with van der Waals surface area (Å²) in [4.78, 5) is 43.6. The number of hydrogen-bond donors (Lipinski definition) is 3. The largest absolute Gasteiger partial charge is 0.480 e. The average molecular weight is 550 g/mol. The summed E-state index contributed by atoms with van der Waals surface area (Å²) in [5.41, 5.74) is 5.21. The SMILES string of the molecule is CCCC/C=C\C/C=C\CCCCCCCC(=O)OC(COC(C)=O)COP(=O)(O)OCC(N)C(=O)O. The molecule has 0 aromatic carbocycles. The molecule has 0 fully saturated rings. The summed E-state index contributed by atoms with van der Waals surface area (Å²) < 4.78 is 31.2. The van der Waals surface area contributed by atoms with E-state index in [0.717, 1.165) is 51.9 Å². The van der Waals surface area contributed by atoms with Crippen LogP contribution in [-0.4, -0.2) is 59.9 Å². The van der Waals surface area contributed by atoms with Crippen LogP contribution in [0.2, 0.25) is 0 Å². The molecule has 214 valence electrons. The first-order valence-corrected chi connectivity index (χ1v) is 14.3. The molecule has 3 unspecified atom stereocenters. The Bertz CT molecular complexity index is 756. The smallest absolute Gasteiger partial charge is 0.472 e. The highest BCUT2D eigenvalue weighted by atomic mass is 31.2.